The van der Waals surface area contributed by atoms with E-state index < -0.39 is 11.8 Å². The van der Waals surface area contributed by atoms with Crippen LogP contribution in [0, 0.1) is 0 Å². The largest absolute Gasteiger partial charge is 0.490 e. The fraction of sp³-hybridized carbons (Fsp3) is 0.0833. The molecule has 0 aliphatic rings. The van der Waals surface area contributed by atoms with Crippen LogP contribution in [-0.2, 0) is 0 Å². The molecular formula is C24H20N2O5. The molecule has 7 nitrogen and oxygen atoms in total. The van der Waals surface area contributed by atoms with Gasteiger partial charge in [-0.3, -0.25) is 20.4 Å². The lowest BCUT2D eigenvalue weighted by atomic mass is 10.2. The predicted octanol–water partition coefficient (Wildman–Crippen LogP) is 3.97. The number of ether oxygens (including phenoxy) is 2. The van der Waals surface area contributed by atoms with E-state index >= 15 is 0 Å². The number of hydrogen-bond donors (Lipinski definition) is 2. The summed E-state index contributed by atoms with van der Waals surface area (Å²) in [7, 11) is 0. The maximum absolute atomic E-state index is 12.6. The van der Waals surface area contributed by atoms with Gasteiger partial charge in [0.15, 0.2) is 5.76 Å². The summed E-state index contributed by atoms with van der Waals surface area (Å²) < 4.78 is 16.8. The van der Waals surface area contributed by atoms with Gasteiger partial charge in [0.25, 0.3) is 5.91 Å². The van der Waals surface area contributed by atoms with Gasteiger partial charge in [-0.05, 0) is 36.4 Å². The molecule has 0 radical (unpaired) electrons. The molecule has 0 saturated heterocycles. The highest BCUT2D eigenvalue weighted by atomic mass is 16.5. The van der Waals surface area contributed by atoms with Crippen LogP contribution in [0.25, 0.3) is 11.0 Å². The zero-order valence-electron chi connectivity index (χ0n) is 16.5. The molecule has 1 aromatic heterocycles. The molecule has 2 amide bonds. The second-order valence-electron chi connectivity index (χ2n) is 6.56. The van der Waals surface area contributed by atoms with Crippen molar-refractivity contribution in [3.63, 3.8) is 0 Å². The number of carbonyl (C=O) groups is 2. The minimum absolute atomic E-state index is 0.101. The molecule has 0 fully saturated rings. The molecule has 4 rings (SSSR count). The van der Waals surface area contributed by atoms with Crippen LogP contribution in [0.15, 0.2) is 89.3 Å². The number of hydrazine groups is 1. The monoisotopic (exact) mass is 416 g/mol. The molecule has 1 heterocycles. The Labute approximate surface area is 178 Å². The van der Waals surface area contributed by atoms with Crippen molar-refractivity contribution >= 4 is 22.8 Å². The molecule has 0 saturated carbocycles. The van der Waals surface area contributed by atoms with E-state index in [0.29, 0.717) is 17.9 Å². The Bertz CT molecular complexity index is 1150. The van der Waals surface area contributed by atoms with E-state index in [1.807, 2.05) is 48.5 Å². The second kappa shape index (κ2) is 9.49. The Balaban J connectivity index is 1.32. The molecular weight excluding hydrogens is 396 g/mol. The van der Waals surface area contributed by atoms with E-state index in [-0.39, 0.29) is 17.9 Å². The summed E-state index contributed by atoms with van der Waals surface area (Å²) in [5.41, 5.74) is 5.63. The summed E-state index contributed by atoms with van der Waals surface area (Å²) in [6.07, 6.45) is 0. The van der Waals surface area contributed by atoms with Gasteiger partial charge in [0.2, 0.25) is 0 Å². The van der Waals surface area contributed by atoms with Gasteiger partial charge in [0, 0.05) is 5.39 Å². The van der Waals surface area contributed by atoms with Gasteiger partial charge in [-0.25, -0.2) is 0 Å². The number of hydrogen-bond acceptors (Lipinski definition) is 5. The summed E-state index contributed by atoms with van der Waals surface area (Å²) >= 11 is 0. The Morgan fingerprint density at radius 3 is 2.26 bits per heavy atom. The van der Waals surface area contributed by atoms with Crippen LogP contribution in [0.3, 0.4) is 0 Å². The third kappa shape index (κ3) is 5.02. The molecule has 2 N–H and O–H groups in total. The van der Waals surface area contributed by atoms with Gasteiger partial charge < -0.3 is 13.9 Å². The van der Waals surface area contributed by atoms with Crippen molar-refractivity contribution in [3.8, 4) is 11.5 Å². The smallest absolute Gasteiger partial charge is 0.305 e. The highest BCUT2D eigenvalue weighted by molar-refractivity contribution is 6.00. The molecule has 0 aliphatic carbocycles. The predicted molar refractivity (Wildman–Crippen MR) is 115 cm³/mol. The number of nitrogens with one attached hydrogen (secondary N) is 2. The van der Waals surface area contributed by atoms with Gasteiger partial charge in [0.1, 0.15) is 30.3 Å². The SMILES string of the molecule is O=C(NNC(=O)c1ccccc1OCCOc1ccccc1)c1cc2ccccc2o1. The van der Waals surface area contributed by atoms with Crippen molar-refractivity contribution in [3.05, 3.63) is 96.3 Å². The lowest BCUT2D eigenvalue weighted by Crippen LogP contribution is -2.41. The van der Waals surface area contributed by atoms with Crippen LogP contribution in [0.5, 0.6) is 11.5 Å². The molecule has 0 bridgehead atoms. The molecule has 0 aliphatic heterocycles. The fourth-order valence-electron chi connectivity index (χ4n) is 2.94. The number of carbonyl (C=O) groups excluding carboxylic acids is 2. The zero-order chi connectivity index (χ0) is 21.5. The first kappa shape index (κ1) is 20.0. The van der Waals surface area contributed by atoms with E-state index in [0.717, 1.165) is 11.1 Å². The summed E-state index contributed by atoms with van der Waals surface area (Å²) in [6.45, 7) is 0.577. The average Bonchev–Trinajstić information content (AvgIpc) is 3.25. The first-order valence-corrected chi connectivity index (χ1v) is 9.69. The summed E-state index contributed by atoms with van der Waals surface area (Å²) in [5.74, 6) is 0.160. The first-order chi connectivity index (χ1) is 15.2. The van der Waals surface area contributed by atoms with Crippen molar-refractivity contribution in [1.29, 1.82) is 0 Å². The highest BCUT2D eigenvalue weighted by Gasteiger charge is 2.16. The van der Waals surface area contributed by atoms with Crippen molar-refractivity contribution in [1.82, 2.24) is 10.9 Å². The van der Waals surface area contributed by atoms with E-state index in [1.165, 1.54) is 0 Å². The Morgan fingerprint density at radius 1 is 0.742 bits per heavy atom. The third-order valence-corrected chi connectivity index (χ3v) is 4.42. The molecule has 156 valence electrons. The summed E-state index contributed by atoms with van der Waals surface area (Å²) in [4.78, 5) is 24.9. The number of fused-ring (bicyclic) bond motifs is 1. The Kier molecular flexibility index (Phi) is 6.13. The second-order valence-corrected chi connectivity index (χ2v) is 6.56. The van der Waals surface area contributed by atoms with Crippen LogP contribution >= 0.6 is 0 Å². The number of benzene rings is 3. The van der Waals surface area contributed by atoms with Crippen LogP contribution in [0.2, 0.25) is 0 Å². The third-order valence-electron chi connectivity index (χ3n) is 4.42. The van der Waals surface area contributed by atoms with E-state index in [9.17, 15) is 9.59 Å². The first-order valence-electron chi connectivity index (χ1n) is 9.69. The molecule has 0 atom stereocenters. The summed E-state index contributed by atoms with van der Waals surface area (Å²) in [5, 5.41) is 0.801. The number of para-hydroxylation sites is 3. The van der Waals surface area contributed by atoms with Crippen LogP contribution in [0.1, 0.15) is 20.9 Å². The quantitative estimate of drug-likeness (QED) is 0.352. The van der Waals surface area contributed by atoms with Gasteiger partial charge in [-0.15, -0.1) is 0 Å². The molecule has 31 heavy (non-hydrogen) atoms. The summed E-state index contributed by atoms with van der Waals surface area (Å²) in [6, 6.07) is 25.0. The lowest BCUT2D eigenvalue weighted by molar-refractivity contribution is 0.0829. The number of furan rings is 1. The standard InChI is InChI=1S/C24H20N2O5/c27-23(25-26-24(28)22-16-17-8-4-6-12-20(17)31-22)19-11-5-7-13-21(19)30-15-14-29-18-9-2-1-3-10-18/h1-13,16H,14-15H2,(H,25,27)(H,26,28). The fourth-order valence-corrected chi connectivity index (χ4v) is 2.94. The topological polar surface area (TPSA) is 89.8 Å². The lowest BCUT2D eigenvalue weighted by Gasteiger charge is -2.12. The molecule has 4 aromatic rings. The van der Waals surface area contributed by atoms with Crippen molar-refractivity contribution in [2.24, 2.45) is 0 Å². The minimum Gasteiger partial charge on any atom is -0.490 e. The molecule has 0 unspecified atom stereocenters. The molecule has 3 aromatic carbocycles. The van der Waals surface area contributed by atoms with Gasteiger partial charge in [0.05, 0.1) is 5.56 Å². The Morgan fingerprint density at radius 2 is 1.42 bits per heavy atom. The van der Waals surface area contributed by atoms with E-state index in [1.54, 1.807) is 36.4 Å². The van der Waals surface area contributed by atoms with Crippen molar-refractivity contribution in [2.45, 2.75) is 0 Å². The minimum atomic E-state index is -0.556. The number of rotatable bonds is 7. The van der Waals surface area contributed by atoms with Crippen LogP contribution < -0.4 is 20.3 Å². The van der Waals surface area contributed by atoms with Crippen LogP contribution in [0.4, 0.5) is 0 Å². The van der Waals surface area contributed by atoms with E-state index in [2.05, 4.69) is 10.9 Å². The van der Waals surface area contributed by atoms with Crippen molar-refractivity contribution < 1.29 is 23.5 Å². The molecule has 0 spiro atoms. The highest BCUT2D eigenvalue weighted by Crippen LogP contribution is 2.19. The van der Waals surface area contributed by atoms with Gasteiger partial charge >= 0.3 is 5.91 Å². The normalized spacial score (nSPS) is 10.5. The van der Waals surface area contributed by atoms with Crippen molar-refractivity contribution in [2.75, 3.05) is 13.2 Å². The van der Waals surface area contributed by atoms with E-state index in [4.69, 9.17) is 13.9 Å². The average molecular weight is 416 g/mol. The van der Waals surface area contributed by atoms with Gasteiger partial charge in [-0.1, -0.05) is 48.5 Å². The molecule has 7 heteroatoms. The maximum atomic E-state index is 12.6. The number of amides is 2. The Hall–Kier alpha value is -4.26. The zero-order valence-corrected chi connectivity index (χ0v) is 16.5. The maximum Gasteiger partial charge on any atom is 0.305 e. The van der Waals surface area contributed by atoms with Gasteiger partial charge in [-0.2, -0.15) is 0 Å². The van der Waals surface area contributed by atoms with Crippen LogP contribution in [-0.4, -0.2) is 25.0 Å².